The molecule has 156 valence electrons. The first-order valence-corrected chi connectivity index (χ1v) is 10.4. The van der Waals surface area contributed by atoms with Gasteiger partial charge in [-0.25, -0.2) is 9.67 Å². The van der Waals surface area contributed by atoms with Gasteiger partial charge in [0.15, 0.2) is 5.82 Å². The second-order valence-corrected chi connectivity index (χ2v) is 7.95. The van der Waals surface area contributed by atoms with Crippen molar-refractivity contribution < 1.29 is 9.53 Å². The first-order valence-electron chi connectivity index (χ1n) is 9.61. The predicted octanol–water partition coefficient (Wildman–Crippen LogP) is 5.39. The van der Waals surface area contributed by atoms with Crippen LogP contribution in [-0.4, -0.2) is 25.7 Å². The second kappa shape index (κ2) is 8.69. The minimum Gasteiger partial charge on any atom is -0.439 e. The molecule has 0 aliphatic rings. The van der Waals surface area contributed by atoms with Gasteiger partial charge in [-0.2, -0.15) is 10.1 Å². The van der Waals surface area contributed by atoms with Crippen molar-refractivity contribution in [3.8, 4) is 17.4 Å². The van der Waals surface area contributed by atoms with Crippen LogP contribution in [0.25, 0.3) is 5.82 Å². The molecule has 0 unspecified atom stereocenters. The molecule has 4 rings (SSSR count). The number of anilines is 1. The summed E-state index contributed by atoms with van der Waals surface area (Å²) in [6.45, 7) is 5.72. The molecule has 0 saturated heterocycles. The van der Waals surface area contributed by atoms with Crippen LogP contribution in [0.4, 0.5) is 5.69 Å². The molecule has 0 saturated carbocycles. The molecule has 0 aliphatic carbocycles. The van der Waals surface area contributed by atoms with E-state index in [1.807, 2.05) is 39.0 Å². The molecular formula is C23H20BrN5O2. The van der Waals surface area contributed by atoms with E-state index in [0.717, 1.165) is 15.9 Å². The van der Waals surface area contributed by atoms with Crippen molar-refractivity contribution >= 4 is 27.5 Å². The zero-order valence-corrected chi connectivity index (χ0v) is 18.8. The maximum atomic E-state index is 12.4. The zero-order chi connectivity index (χ0) is 22.0. The molecule has 0 fully saturated rings. The molecule has 2 aromatic carbocycles. The van der Waals surface area contributed by atoms with Crippen molar-refractivity contribution in [3.63, 3.8) is 0 Å². The molecule has 2 heterocycles. The van der Waals surface area contributed by atoms with Crippen LogP contribution in [0.5, 0.6) is 11.6 Å². The van der Waals surface area contributed by atoms with E-state index in [4.69, 9.17) is 4.74 Å². The number of aryl methyl sites for hydroxylation is 3. The highest BCUT2D eigenvalue weighted by molar-refractivity contribution is 9.10. The van der Waals surface area contributed by atoms with Gasteiger partial charge in [0.05, 0.1) is 5.69 Å². The number of ether oxygens (including phenoxy) is 1. The number of nitrogens with one attached hydrogen (secondary N) is 1. The summed E-state index contributed by atoms with van der Waals surface area (Å²) in [5, 5.41) is 7.34. The molecule has 31 heavy (non-hydrogen) atoms. The number of hydrogen-bond donors (Lipinski definition) is 1. The molecule has 0 atom stereocenters. The van der Waals surface area contributed by atoms with Gasteiger partial charge in [0.2, 0.25) is 5.88 Å². The fourth-order valence-corrected chi connectivity index (χ4v) is 3.34. The molecule has 8 heteroatoms. The maximum absolute atomic E-state index is 12.4. The standard InChI is InChI=1S/C23H20BrN5O2/c1-14-12-15(2)29(28-14)21-13-22(26-16(3)25-21)31-20-10-8-19(9-11-20)27-23(30)17-4-6-18(24)7-5-17/h4-13H,1-3H3,(H,27,30). The first kappa shape index (κ1) is 20.7. The van der Waals surface area contributed by atoms with Crippen molar-refractivity contribution in [2.24, 2.45) is 0 Å². The number of hydrogen-bond acceptors (Lipinski definition) is 5. The Kier molecular flexibility index (Phi) is 5.81. The van der Waals surface area contributed by atoms with Crippen LogP contribution in [0.2, 0.25) is 0 Å². The number of nitrogens with zero attached hydrogens (tertiary/aromatic N) is 4. The molecule has 0 bridgehead atoms. The van der Waals surface area contributed by atoms with Gasteiger partial charge in [0.25, 0.3) is 5.91 Å². The summed E-state index contributed by atoms with van der Waals surface area (Å²) in [7, 11) is 0. The fourth-order valence-electron chi connectivity index (χ4n) is 3.08. The minimum absolute atomic E-state index is 0.179. The third kappa shape index (κ3) is 4.97. The van der Waals surface area contributed by atoms with Crippen molar-refractivity contribution in [1.29, 1.82) is 0 Å². The number of halogens is 1. The lowest BCUT2D eigenvalue weighted by Gasteiger charge is -2.10. The van der Waals surface area contributed by atoms with Gasteiger partial charge in [-0.15, -0.1) is 0 Å². The first-order chi connectivity index (χ1) is 14.9. The van der Waals surface area contributed by atoms with Crippen LogP contribution >= 0.6 is 15.9 Å². The second-order valence-electron chi connectivity index (χ2n) is 7.04. The number of aromatic nitrogens is 4. The van der Waals surface area contributed by atoms with Crippen LogP contribution in [0.3, 0.4) is 0 Å². The third-order valence-corrected chi connectivity index (χ3v) is 5.00. The lowest BCUT2D eigenvalue weighted by atomic mass is 10.2. The Labute approximate surface area is 188 Å². The number of benzene rings is 2. The Bertz CT molecular complexity index is 1230. The Morgan fingerprint density at radius 2 is 1.68 bits per heavy atom. The Morgan fingerprint density at radius 1 is 0.968 bits per heavy atom. The van der Waals surface area contributed by atoms with Crippen molar-refractivity contribution in [1.82, 2.24) is 19.7 Å². The molecule has 4 aromatic rings. The van der Waals surface area contributed by atoms with Crippen LogP contribution < -0.4 is 10.1 Å². The summed E-state index contributed by atoms with van der Waals surface area (Å²) in [6, 6.07) is 18.0. The summed E-state index contributed by atoms with van der Waals surface area (Å²) in [6.07, 6.45) is 0. The fraction of sp³-hybridized carbons (Fsp3) is 0.130. The molecule has 2 aromatic heterocycles. The number of amides is 1. The van der Waals surface area contributed by atoms with Gasteiger partial charge < -0.3 is 10.1 Å². The maximum Gasteiger partial charge on any atom is 0.255 e. The van der Waals surface area contributed by atoms with Crippen LogP contribution in [0, 0.1) is 20.8 Å². The summed E-state index contributed by atoms with van der Waals surface area (Å²) >= 11 is 3.36. The van der Waals surface area contributed by atoms with E-state index in [1.54, 1.807) is 47.1 Å². The highest BCUT2D eigenvalue weighted by atomic mass is 79.9. The molecule has 1 N–H and O–H groups in total. The van der Waals surface area contributed by atoms with Gasteiger partial charge in [0.1, 0.15) is 11.6 Å². The van der Waals surface area contributed by atoms with E-state index < -0.39 is 0 Å². The average molecular weight is 478 g/mol. The van der Waals surface area contributed by atoms with Gasteiger partial charge in [-0.3, -0.25) is 4.79 Å². The van der Waals surface area contributed by atoms with Gasteiger partial charge in [0, 0.05) is 27.5 Å². The molecule has 0 spiro atoms. The summed E-state index contributed by atoms with van der Waals surface area (Å²) in [5.74, 6) is 2.06. The zero-order valence-electron chi connectivity index (χ0n) is 17.3. The van der Waals surface area contributed by atoms with E-state index in [1.165, 1.54) is 0 Å². The molecular weight excluding hydrogens is 458 g/mol. The van der Waals surface area contributed by atoms with E-state index >= 15 is 0 Å². The monoisotopic (exact) mass is 477 g/mol. The van der Waals surface area contributed by atoms with Crippen LogP contribution in [-0.2, 0) is 0 Å². The summed E-state index contributed by atoms with van der Waals surface area (Å²) < 4.78 is 8.60. The van der Waals surface area contributed by atoms with Crippen LogP contribution in [0.15, 0.2) is 65.1 Å². The number of carbonyl (C=O) groups excluding carboxylic acids is 1. The van der Waals surface area contributed by atoms with Gasteiger partial charge in [-0.05, 0) is 75.4 Å². The average Bonchev–Trinajstić information content (AvgIpc) is 3.07. The Morgan fingerprint density at radius 3 is 2.32 bits per heavy atom. The predicted molar refractivity (Wildman–Crippen MR) is 122 cm³/mol. The van der Waals surface area contributed by atoms with Crippen molar-refractivity contribution in [2.45, 2.75) is 20.8 Å². The lowest BCUT2D eigenvalue weighted by molar-refractivity contribution is 0.102. The summed E-state index contributed by atoms with van der Waals surface area (Å²) in [5.41, 5.74) is 3.14. The number of rotatable bonds is 5. The topological polar surface area (TPSA) is 81.9 Å². The van der Waals surface area contributed by atoms with E-state index in [2.05, 4.69) is 36.3 Å². The normalized spacial score (nSPS) is 10.7. The quantitative estimate of drug-likeness (QED) is 0.416. The van der Waals surface area contributed by atoms with Gasteiger partial charge in [-0.1, -0.05) is 15.9 Å². The van der Waals surface area contributed by atoms with E-state index in [9.17, 15) is 4.79 Å². The van der Waals surface area contributed by atoms with Crippen molar-refractivity contribution in [2.75, 3.05) is 5.32 Å². The summed E-state index contributed by atoms with van der Waals surface area (Å²) in [4.78, 5) is 21.2. The Hall–Kier alpha value is -3.52. The SMILES string of the molecule is Cc1cc(C)n(-c2cc(Oc3ccc(NC(=O)c4ccc(Br)cc4)cc3)nc(C)n2)n1. The van der Waals surface area contributed by atoms with E-state index in [-0.39, 0.29) is 5.91 Å². The molecule has 0 radical (unpaired) electrons. The highest BCUT2D eigenvalue weighted by Crippen LogP contribution is 2.24. The van der Waals surface area contributed by atoms with Crippen molar-refractivity contribution in [3.05, 3.63) is 87.9 Å². The number of carbonyl (C=O) groups is 1. The van der Waals surface area contributed by atoms with Crippen LogP contribution in [0.1, 0.15) is 27.6 Å². The van der Waals surface area contributed by atoms with E-state index in [0.29, 0.717) is 34.5 Å². The minimum atomic E-state index is -0.179. The largest absolute Gasteiger partial charge is 0.439 e. The third-order valence-electron chi connectivity index (χ3n) is 4.47. The lowest BCUT2D eigenvalue weighted by Crippen LogP contribution is -2.11. The molecule has 1 amide bonds. The molecule has 7 nitrogen and oxygen atoms in total. The Balaban J connectivity index is 1.48. The smallest absolute Gasteiger partial charge is 0.255 e. The van der Waals surface area contributed by atoms with Gasteiger partial charge >= 0.3 is 0 Å². The molecule has 0 aliphatic heterocycles. The highest BCUT2D eigenvalue weighted by Gasteiger charge is 2.10.